The number of rotatable bonds is 4. The summed E-state index contributed by atoms with van der Waals surface area (Å²) >= 11 is 0. The largest absolute Gasteiger partial charge is 1.00 e. The van der Waals surface area contributed by atoms with Crippen molar-refractivity contribution in [2.24, 2.45) is 0 Å². The van der Waals surface area contributed by atoms with E-state index in [0.29, 0.717) is 0 Å². The van der Waals surface area contributed by atoms with Crippen molar-refractivity contribution in [1.82, 2.24) is 5.32 Å². The van der Waals surface area contributed by atoms with Gasteiger partial charge < -0.3 is 19.9 Å². The summed E-state index contributed by atoms with van der Waals surface area (Å²) in [6.07, 6.45) is -3.53. The Balaban J connectivity index is 0. The molecule has 4 N–H and O–H groups in total. The second-order valence-corrected chi connectivity index (χ2v) is 3.72. The summed E-state index contributed by atoms with van der Waals surface area (Å²) in [7, 11) is -4.69. The van der Waals surface area contributed by atoms with Gasteiger partial charge in [0.15, 0.2) is 0 Å². The van der Waals surface area contributed by atoms with Crippen LogP contribution in [0.1, 0.15) is 13.3 Å². The normalized spacial score (nSPS) is 14.8. The SMILES string of the molecule is CCC(NC(O)(O)O)S(=O)(=O)[O-].[Na+]. The van der Waals surface area contributed by atoms with Crippen molar-refractivity contribution in [3.05, 3.63) is 0 Å². The minimum Gasteiger partial charge on any atom is -0.747 e. The van der Waals surface area contributed by atoms with Crippen molar-refractivity contribution < 1.29 is 57.8 Å². The molecule has 7 nitrogen and oxygen atoms in total. The van der Waals surface area contributed by atoms with Gasteiger partial charge in [-0.05, 0) is 6.42 Å². The van der Waals surface area contributed by atoms with Crippen LogP contribution in [0.5, 0.6) is 0 Å². The molecule has 0 saturated heterocycles. The monoisotopic (exact) mass is 223 g/mol. The summed E-state index contributed by atoms with van der Waals surface area (Å²) in [5.41, 5.74) is 0. The van der Waals surface area contributed by atoms with Crippen LogP contribution < -0.4 is 34.9 Å². The summed E-state index contributed by atoms with van der Waals surface area (Å²) in [5, 5.41) is 24.5. The van der Waals surface area contributed by atoms with E-state index in [9.17, 15) is 13.0 Å². The Morgan fingerprint density at radius 2 is 1.85 bits per heavy atom. The standard InChI is InChI=1S/C4H11NO6S.Na/c1-2-3(12(9,10)11)5-4(6,7)8;/h3,5-8H,2H2,1H3,(H,9,10,11);/q;+1/p-1. The molecule has 13 heavy (non-hydrogen) atoms. The Kier molecular flexibility index (Phi) is 6.96. The average Bonchev–Trinajstić information content (AvgIpc) is 1.78. The molecule has 0 aromatic carbocycles. The second-order valence-electron chi connectivity index (χ2n) is 2.17. The maximum absolute atomic E-state index is 10.3. The molecule has 1 atom stereocenters. The summed E-state index contributed by atoms with van der Waals surface area (Å²) < 4.78 is 30.9. The zero-order chi connectivity index (χ0) is 9.99. The summed E-state index contributed by atoms with van der Waals surface area (Å²) in [6, 6.07) is 0. The van der Waals surface area contributed by atoms with Gasteiger partial charge in [0.25, 0.3) is 0 Å². The van der Waals surface area contributed by atoms with E-state index in [2.05, 4.69) is 0 Å². The van der Waals surface area contributed by atoms with Gasteiger partial charge in [0.05, 0.1) is 0 Å². The Labute approximate surface area is 97.8 Å². The second kappa shape index (κ2) is 5.59. The maximum Gasteiger partial charge on any atom is 1.00 e. The molecule has 74 valence electrons. The molecule has 9 heteroatoms. The van der Waals surface area contributed by atoms with Gasteiger partial charge in [0.1, 0.15) is 15.5 Å². The fourth-order valence-corrected chi connectivity index (χ4v) is 1.31. The third kappa shape index (κ3) is 7.79. The molecule has 0 aliphatic rings. The predicted octanol–water partition coefficient (Wildman–Crippen LogP) is -5.55. The first-order valence-corrected chi connectivity index (χ1v) is 4.53. The molecule has 0 saturated carbocycles. The van der Waals surface area contributed by atoms with Crippen molar-refractivity contribution in [2.45, 2.75) is 24.8 Å². The molecule has 0 aliphatic heterocycles. The fraction of sp³-hybridized carbons (Fsp3) is 1.00. The van der Waals surface area contributed by atoms with E-state index in [1.54, 1.807) is 0 Å². The Hall–Kier alpha value is 0.750. The van der Waals surface area contributed by atoms with Crippen LogP contribution in [0.2, 0.25) is 0 Å². The molecule has 0 rings (SSSR count). The van der Waals surface area contributed by atoms with Crippen LogP contribution in [0, 0.1) is 0 Å². The summed E-state index contributed by atoms with van der Waals surface area (Å²) in [6.45, 7) is 1.33. The van der Waals surface area contributed by atoms with Gasteiger partial charge >= 0.3 is 35.7 Å². The number of hydrogen-bond acceptors (Lipinski definition) is 7. The Morgan fingerprint density at radius 1 is 1.46 bits per heavy atom. The van der Waals surface area contributed by atoms with Crippen LogP contribution in [0.15, 0.2) is 0 Å². The molecule has 0 bridgehead atoms. The molecule has 0 radical (unpaired) electrons. The van der Waals surface area contributed by atoms with Crippen LogP contribution in [0.4, 0.5) is 0 Å². The molecule has 0 amide bonds. The van der Waals surface area contributed by atoms with E-state index in [-0.39, 0.29) is 36.0 Å². The van der Waals surface area contributed by atoms with Crippen molar-refractivity contribution in [1.29, 1.82) is 0 Å². The first-order valence-electron chi connectivity index (χ1n) is 3.06. The van der Waals surface area contributed by atoms with E-state index in [1.165, 1.54) is 12.2 Å². The average molecular weight is 223 g/mol. The van der Waals surface area contributed by atoms with E-state index in [4.69, 9.17) is 15.3 Å². The van der Waals surface area contributed by atoms with Gasteiger partial charge in [-0.15, -0.1) is 0 Å². The molecule has 0 spiro atoms. The smallest absolute Gasteiger partial charge is 0.747 e. The minimum atomic E-state index is -4.69. The van der Waals surface area contributed by atoms with Gasteiger partial charge in [-0.2, -0.15) is 0 Å². The van der Waals surface area contributed by atoms with Gasteiger partial charge in [-0.1, -0.05) is 6.92 Å². The minimum absolute atomic E-state index is 0. The maximum atomic E-state index is 10.3. The number of hydrogen-bond donors (Lipinski definition) is 4. The van der Waals surface area contributed by atoms with Crippen LogP contribution in [-0.2, 0) is 10.1 Å². The van der Waals surface area contributed by atoms with Gasteiger partial charge in [0, 0.05) is 0 Å². The van der Waals surface area contributed by atoms with E-state index in [1.807, 2.05) is 0 Å². The van der Waals surface area contributed by atoms with Gasteiger partial charge in [-0.25, -0.2) is 13.7 Å². The van der Waals surface area contributed by atoms with Gasteiger partial charge in [-0.3, -0.25) is 0 Å². The van der Waals surface area contributed by atoms with Crippen LogP contribution in [0.25, 0.3) is 0 Å². The predicted molar refractivity (Wildman–Crippen MR) is 36.3 cm³/mol. The van der Waals surface area contributed by atoms with E-state index < -0.39 is 21.6 Å². The summed E-state index contributed by atoms with van der Waals surface area (Å²) in [5.74, 6) is 0. The van der Waals surface area contributed by atoms with Crippen molar-refractivity contribution in [3.8, 4) is 0 Å². The Morgan fingerprint density at radius 3 is 1.92 bits per heavy atom. The topological polar surface area (TPSA) is 130 Å². The third-order valence-electron chi connectivity index (χ3n) is 1.07. The Bertz CT molecular complexity index is 234. The molecule has 0 aromatic heterocycles. The zero-order valence-corrected chi connectivity index (χ0v) is 10.1. The first-order chi connectivity index (χ1) is 5.17. The summed E-state index contributed by atoms with van der Waals surface area (Å²) in [4.78, 5) is 0. The molecular formula is C4H10NNaO6S. The molecular weight excluding hydrogens is 213 g/mol. The number of aliphatic hydroxyl groups is 3. The van der Waals surface area contributed by atoms with Crippen LogP contribution >= 0.6 is 0 Å². The molecule has 0 aliphatic carbocycles. The van der Waals surface area contributed by atoms with Crippen molar-refractivity contribution in [2.75, 3.05) is 0 Å². The quantitative estimate of drug-likeness (QED) is 0.212. The van der Waals surface area contributed by atoms with E-state index >= 15 is 0 Å². The van der Waals surface area contributed by atoms with E-state index in [0.717, 1.165) is 0 Å². The molecule has 0 aromatic rings. The van der Waals surface area contributed by atoms with Crippen LogP contribution in [-0.4, -0.2) is 39.8 Å². The van der Waals surface area contributed by atoms with Crippen molar-refractivity contribution >= 4 is 10.1 Å². The first kappa shape index (κ1) is 16.2. The molecule has 0 fully saturated rings. The third-order valence-corrected chi connectivity index (χ3v) is 2.22. The van der Waals surface area contributed by atoms with Crippen LogP contribution in [0.3, 0.4) is 0 Å². The van der Waals surface area contributed by atoms with Crippen molar-refractivity contribution in [3.63, 3.8) is 0 Å². The fourth-order valence-electron chi connectivity index (χ4n) is 0.594. The molecule has 0 heterocycles. The zero-order valence-electron chi connectivity index (χ0n) is 7.26. The van der Waals surface area contributed by atoms with Gasteiger partial charge in [0.2, 0.25) is 0 Å². The number of nitrogens with one attached hydrogen (secondary N) is 1. The molecule has 1 unspecified atom stereocenters.